The highest BCUT2D eigenvalue weighted by Crippen LogP contribution is 2.06. The van der Waals surface area contributed by atoms with Gasteiger partial charge in [-0.15, -0.1) is 0 Å². The van der Waals surface area contributed by atoms with Gasteiger partial charge in [-0.25, -0.2) is 0 Å². The minimum Gasteiger partial charge on any atom is -0.195 e. The number of carbonyl (C=O) groups is 1. The van der Waals surface area contributed by atoms with Crippen molar-refractivity contribution >= 4 is 24.5 Å². The van der Waals surface area contributed by atoms with E-state index in [1.165, 1.54) is 4.58 Å². The lowest BCUT2D eigenvalue weighted by Crippen LogP contribution is -2.47. The molecule has 0 aromatic rings. The number of nitrogens with zero attached hydrogens (tertiary/aromatic N) is 2. The van der Waals surface area contributed by atoms with Crippen LogP contribution >= 0.6 is 11.8 Å². The predicted octanol–water partition coefficient (Wildman–Crippen LogP) is 0.246. The zero-order valence-electron chi connectivity index (χ0n) is 3.59. The smallest absolute Gasteiger partial charge is 0.195 e. The van der Waals surface area contributed by atoms with Crippen molar-refractivity contribution in [3.63, 3.8) is 0 Å². The molecule has 0 aromatic heterocycles. The van der Waals surface area contributed by atoms with E-state index in [4.69, 9.17) is 11.8 Å². The second-order valence-electron chi connectivity index (χ2n) is 1.33. The van der Waals surface area contributed by atoms with Crippen LogP contribution in [0.4, 0.5) is 4.79 Å². The predicted molar refractivity (Wildman–Crippen MR) is 25.3 cm³/mol. The zero-order valence-corrected chi connectivity index (χ0v) is 4.35. The molecule has 3 nitrogen and oxygen atoms in total. The summed E-state index contributed by atoms with van der Waals surface area (Å²) in [5.74, 6) is 0. The Bertz CT molecular complexity index is 133. The molecule has 0 N–H and O–H groups in total. The van der Waals surface area contributed by atoms with Crippen LogP contribution in [0.2, 0.25) is 0 Å². The van der Waals surface area contributed by atoms with Crippen LogP contribution in [0.15, 0.2) is 0 Å². The lowest BCUT2D eigenvalue weighted by molar-refractivity contribution is -0.496. The normalized spacial score (nSPS) is 19.9. The topological polar surface area (TPSA) is 23.3 Å². The van der Waals surface area contributed by atoms with Gasteiger partial charge in [-0.2, -0.15) is 9.37 Å². The minimum atomic E-state index is -0.235. The van der Waals surface area contributed by atoms with Gasteiger partial charge in [0.15, 0.2) is 0 Å². The molecular formula is C3H4ClN2O+. The number of amides is 2. The van der Waals surface area contributed by atoms with E-state index in [0.717, 1.165) is 4.42 Å². The Balaban J connectivity index is 2.60. The van der Waals surface area contributed by atoms with Crippen LogP contribution in [0.5, 0.6) is 0 Å². The van der Waals surface area contributed by atoms with Crippen molar-refractivity contribution in [2.75, 3.05) is 6.67 Å². The molecule has 38 valence electrons. The highest BCUT2D eigenvalue weighted by atomic mass is 35.5. The van der Waals surface area contributed by atoms with Crippen molar-refractivity contribution in [3.8, 4) is 0 Å². The molecule has 1 aliphatic rings. The third kappa shape index (κ3) is 0.489. The average Bonchev–Trinajstić information content (AvgIpc) is 1.68. The number of urea groups is 1. The SMILES string of the molecule is C=[N+]1CN(Cl)C1=O. The molecule has 0 aliphatic carbocycles. The number of hydrogen-bond acceptors (Lipinski definition) is 1. The van der Waals surface area contributed by atoms with Gasteiger partial charge in [0.2, 0.25) is 0 Å². The summed E-state index contributed by atoms with van der Waals surface area (Å²) in [6.45, 7) is 3.76. The van der Waals surface area contributed by atoms with Crippen LogP contribution in [-0.4, -0.2) is 28.4 Å². The number of rotatable bonds is 0. The van der Waals surface area contributed by atoms with Crippen molar-refractivity contribution in [2.45, 2.75) is 0 Å². The minimum absolute atomic E-state index is 0.235. The van der Waals surface area contributed by atoms with E-state index >= 15 is 0 Å². The molecule has 7 heavy (non-hydrogen) atoms. The third-order valence-corrected chi connectivity index (χ3v) is 1.02. The number of halogens is 1. The molecule has 0 atom stereocenters. The largest absolute Gasteiger partial charge is 0.516 e. The zero-order chi connectivity index (χ0) is 5.44. The van der Waals surface area contributed by atoms with Gasteiger partial charge in [0.1, 0.15) is 11.8 Å². The highest BCUT2D eigenvalue weighted by Gasteiger charge is 2.37. The fourth-order valence-corrected chi connectivity index (χ4v) is 0.582. The maximum atomic E-state index is 10.2. The number of carbonyl (C=O) groups excluding carboxylic acids is 1. The van der Waals surface area contributed by atoms with Gasteiger partial charge in [0.05, 0.1) is 6.72 Å². The molecule has 4 heteroatoms. The Morgan fingerprint density at radius 1 is 2.00 bits per heavy atom. The summed E-state index contributed by atoms with van der Waals surface area (Å²) in [5, 5.41) is 0. The Morgan fingerprint density at radius 3 is 2.57 bits per heavy atom. The van der Waals surface area contributed by atoms with Gasteiger partial charge < -0.3 is 0 Å². The molecule has 0 bridgehead atoms. The van der Waals surface area contributed by atoms with Crippen molar-refractivity contribution in [3.05, 3.63) is 0 Å². The first-order valence-corrected chi connectivity index (χ1v) is 2.11. The first-order valence-electron chi connectivity index (χ1n) is 1.77. The lowest BCUT2D eigenvalue weighted by Gasteiger charge is -2.13. The summed E-state index contributed by atoms with van der Waals surface area (Å²) >= 11 is 5.20. The second-order valence-corrected chi connectivity index (χ2v) is 1.73. The summed E-state index contributed by atoms with van der Waals surface area (Å²) in [6, 6.07) is -0.235. The molecule has 2 amide bonds. The van der Waals surface area contributed by atoms with E-state index in [1.54, 1.807) is 0 Å². The van der Waals surface area contributed by atoms with E-state index in [-0.39, 0.29) is 6.03 Å². The van der Waals surface area contributed by atoms with E-state index in [9.17, 15) is 4.79 Å². The van der Waals surface area contributed by atoms with Crippen LogP contribution in [0.25, 0.3) is 0 Å². The van der Waals surface area contributed by atoms with Gasteiger partial charge in [-0.3, -0.25) is 0 Å². The fraction of sp³-hybridized carbons (Fsp3) is 0.333. The second kappa shape index (κ2) is 1.20. The van der Waals surface area contributed by atoms with Crippen LogP contribution in [-0.2, 0) is 0 Å². The molecule has 1 rings (SSSR count). The lowest BCUT2D eigenvalue weighted by atomic mass is 10.7. The first kappa shape index (κ1) is 4.59. The molecule has 0 spiro atoms. The molecule has 1 fully saturated rings. The van der Waals surface area contributed by atoms with Gasteiger partial charge in [-0.1, -0.05) is 4.42 Å². The highest BCUT2D eigenvalue weighted by molar-refractivity contribution is 6.21. The summed E-state index contributed by atoms with van der Waals surface area (Å²) < 4.78 is 2.33. The fourth-order valence-electron chi connectivity index (χ4n) is 0.346. The molecule has 1 heterocycles. The summed E-state index contributed by atoms with van der Waals surface area (Å²) in [4.78, 5) is 10.2. The van der Waals surface area contributed by atoms with Crippen LogP contribution in [0.3, 0.4) is 0 Å². The molecular weight excluding hydrogens is 115 g/mol. The molecule has 0 radical (unpaired) electrons. The molecule has 1 saturated heterocycles. The third-order valence-electron chi connectivity index (χ3n) is 0.773. The summed E-state index contributed by atoms with van der Waals surface area (Å²) in [7, 11) is 0. The Morgan fingerprint density at radius 2 is 2.57 bits per heavy atom. The van der Waals surface area contributed by atoms with Gasteiger partial charge in [0, 0.05) is 0 Å². The van der Waals surface area contributed by atoms with Gasteiger partial charge in [-0.05, 0) is 0 Å². The van der Waals surface area contributed by atoms with Crippen LogP contribution in [0, 0.1) is 0 Å². The first-order chi connectivity index (χ1) is 3.22. The maximum absolute atomic E-state index is 10.2. The summed E-state index contributed by atoms with van der Waals surface area (Å²) in [5.41, 5.74) is 0. The standard InChI is InChI=1S/C3H4ClN2O/c1-5-2-6(4)3(5)7/h1-2H2/q+1. The van der Waals surface area contributed by atoms with Crippen molar-refractivity contribution < 1.29 is 9.37 Å². The quantitative estimate of drug-likeness (QED) is 0.331. The monoisotopic (exact) mass is 119 g/mol. The Hall–Kier alpha value is -0.570. The summed E-state index contributed by atoms with van der Waals surface area (Å²) in [6.07, 6.45) is 0. The Labute approximate surface area is 45.9 Å². The number of hydrogen-bond donors (Lipinski definition) is 0. The van der Waals surface area contributed by atoms with Crippen molar-refractivity contribution in [2.24, 2.45) is 0 Å². The van der Waals surface area contributed by atoms with E-state index < -0.39 is 0 Å². The maximum Gasteiger partial charge on any atom is 0.516 e. The average molecular weight is 120 g/mol. The van der Waals surface area contributed by atoms with Gasteiger partial charge >= 0.3 is 6.03 Å². The van der Waals surface area contributed by atoms with E-state index in [1.807, 2.05) is 0 Å². The van der Waals surface area contributed by atoms with Crippen molar-refractivity contribution in [1.82, 2.24) is 4.42 Å². The molecule has 0 saturated carbocycles. The molecule has 0 aromatic carbocycles. The Kier molecular flexibility index (Phi) is 0.785. The van der Waals surface area contributed by atoms with Crippen LogP contribution in [0.1, 0.15) is 0 Å². The van der Waals surface area contributed by atoms with E-state index in [2.05, 4.69) is 6.72 Å². The van der Waals surface area contributed by atoms with Crippen LogP contribution < -0.4 is 0 Å². The molecule has 1 aliphatic heterocycles. The van der Waals surface area contributed by atoms with Crippen molar-refractivity contribution in [1.29, 1.82) is 0 Å². The van der Waals surface area contributed by atoms with Gasteiger partial charge in [0.25, 0.3) is 6.67 Å². The molecule has 0 unspecified atom stereocenters. The van der Waals surface area contributed by atoms with E-state index in [0.29, 0.717) is 6.67 Å².